The molecule has 2 atom stereocenters. The SMILES string of the molecule is CC(C)(C)OC(=O)N1CCCC(CN2CCC(CO)C2)C1. The van der Waals surface area contributed by atoms with Crippen LogP contribution in [-0.2, 0) is 4.74 Å². The molecule has 0 aromatic rings. The third kappa shape index (κ3) is 5.15. The Morgan fingerprint density at radius 1 is 1.19 bits per heavy atom. The zero-order valence-corrected chi connectivity index (χ0v) is 13.7. The third-order valence-electron chi connectivity index (χ3n) is 4.32. The molecule has 2 aliphatic heterocycles. The van der Waals surface area contributed by atoms with E-state index in [1.807, 2.05) is 25.7 Å². The molecule has 0 radical (unpaired) electrons. The summed E-state index contributed by atoms with van der Waals surface area (Å²) < 4.78 is 5.47. The minimum atomic E-state index is -0.423. The number of aliphatic hydroxyl groups excluding tert-OH is 1. The second-order valence-corrected chi connectivity index (χ2v) is 7.53. The van der Waals surface area contributed by atoms with Gasteiger partial charge in [0.1, 0.15) is 5.60 Å². The number of ether oxygens (including phenoxy) is 1. The Bertz CT molecular complexity index is 354. The lowest BCUT2D eigenvalue weighted by Crippen LogP contribution is -2.45. The summed E-state index contributed by atoms with van der Waals surface area (Å²) in [4.78, 5) is 16.4. The number of carbonyl (C=O) groups excluding carboxylic acids is 1. The van der Waals surface area contributed by atoms with E-state index in [0.29, 0.717) is 18.4 Å². The van der Waals surface area contributed by atoms with Crippen molar-refractivity contribution in [3.63, 3.8) is 0 Å². The molecule has 0 aliphatic carbocycles. The Kier molecular flexibility index (Phi) is 5.49. The molecule has 21 heavy (non-hydrogen) atoms. The van der Waals surface area contributed by atoms with E-state index in [-0.39, 0.29) is 6.09 Å². The Hall–Kier alpha value is -0.810. The molecule has 2 rings (SSSR count). The topological polar surface area (TPSA) is 53.0 Å². The fraction of sp³-hybridized carbons (Fsp3) is 0.938. The van der Waals surface area contributed by atoms with Gasteiger partial charge < -0.3 is 19.6 Å². The molecule has 1 amide bonds. The van der Waals surface area contributed by atoms with Crippen LogP contribution in [0.15, 0.2) is 0 Å². The van der Waals surface area contributed by atoms with Gasteiger partial charge in [-0.05, 0) is 58.4 Å². The Morgan fingerprint density at radius 3 is 2.57 bits per heavy atom. The van der Waals surface area contributed by atoms with Crippen molar-refractivity contribution in [3.05, 3.63) is 0 Å². The number of nitrogens with zero attached hydrogens (tertiary/aromatic N) is 2. The number of rotatable bonds is 3. The van der Waals surface area contributed by atoms with Gasteiger partial charge in [-0.25, -0.2) is 4.79 Å². The van der Waals surface area contributed by atoms with Crippen LogP contribution in [0, 0.1) is 11.8 Å². The summed E-state index contributed by atoms with van der Waals surface area (Å²) in [6, 6.07) is 0. The van der Waals surface area contributed by atoms with Crippen molar-refractivity contribution in [1.29, 1.82) is 0 Å². The maximum Gasteiger partial charge on any atom is 0.410 e. The van der Waals surface area contributed by atoms with Gasteiger partial charge >= 0.3 is 6.09 Å². The Balaban J connectivity index is 1.79. The molecule has 0 spiro atoms. The molecule has 5 heteroatoms. The van der Waals surface area contributed by atoms with E-state index in [9.17, 15) is 9.90 Å². The van der Waals surface area contributed by atoms with Crippen molar-refractivity contribution in [1.82, 2.24) is 9.80 Å². The van der Waals surface area contributed by atoms with Crippen molar-refractivity contribution in [2.75, 3.05) is 39.3 Å². The van der Waals surface area contributed by atoms with E-state index in [0.717, 1.165) is 45.6 Å². The van der Waals surface area contributed by atoms with Gasteiger partial charge in [0.15, 0.2) is 0 Å². The maximum absolute atomic E-state index is 12.2. The Morgan fingerprint density at radius 2 is 1.95 bits per heavy atom. The largest absolute Gasteiger partial charge is 0.444 e. The predicted octanol–water partition coefficient (Wildman–Crippen LogP) is 1.95. The average molecular weight is 298 g/mol. The number of hydrogen-bond acceptors (Lipinski definition) is 4. The van der Waals surface area contributed by atoms with Gasteiger partial charge in [-0.15, -0.1) is 0 Å². The number of carbonyl (C=O) groups is 1. The van der Waals surface area contributed by atoms with Gasteiger partial charge in [0.25, 0.3) is 0 Å². The molecule has 2 saturated heterocycles. The summed E-state index contributed by atoms with van der Waals surface area (Å²) in [6.45, 7) is 10.7. The van der Waals surface area contributed by atoms with Gasteiger partial charge in [-0.3, -0.25) is 0 Å². The summed E-state index contributed by atoms with van der Waals surface area (Å²) in [5, 5.41) is 9.22. The highest BCUT2D eigenvalue weighted by Gasteiger charge is 2.30. The molecule has 5 nitrogen and oxygen atoms in total. The summed E-state index contributed by atoms with van der Waals surface area (Å²) in [6.07, 6.45) is 3.15. The van der Waals surface area contributed by atoms with Crippen molar-refractivity contribution < 1.29 is 14.6 Å². The highest BCUT2D eigenvalue weighted by Crippen LogP contribution is 2.23. The van der Waals surface area contributed by atoms with Crippen molar-refractivity contribution >= 4 is 6.09 Å². The van der Waals surface area contributed by atoms with Gasteiger partial charge in [0.2, 0.25) is 0 Å². The first-order chi connectivity index (χ1) is 9.87. The van der Waals surface area contributed by atoms with Crippen LogP contribution in [-0.4, -0.2) is 65.9 Å². The van der Waals surface area contributed by atoms with Crippen LogP contribution in [0.3, 0.4) is 0 Å². The van der Waals surface area contributed by atoms with Gasteiger partial charge in [-0.1, -0.05) is 0 Å². The third-order valence-corrected chi connectivity index (χ3v) is 4.32. The van der Waals surface area contributed by atoms with Crippen LogP contribution in [0.1, 0.15) is 40.0 Å². The van der Waals surface area contributed by atoms with Crippen LogP contribution >= 0.6 is 0 Å². The van der Waals surface area contributed by atoms with Crippen molar-refractivity contribution in [2.45, 2.75) is 45.6 Å². The van der Waals surface area contributed by atoms with E-state index in [4.69, 9.17) is 4.74 Å². The smallest absolute Gasteiger partial charge is 0.410 e. The molecule has 2 unspecified atom stereocenters. The summed E-state index contributed by atoms with van der Waals surface area (Å²) in [7, 11) is 0. The standard InChI is InChI=1S/C16H30N2O3/c1-16(2,3)21-15(20)18-7-4-5-13(11-18)9-17-8-6-14(10-17)12-19/h13-14,19H,4-12H2,1-3H3. The minimum Gasteiger partial charge on any atom is -0.444 e. The monoisotopic (exact) mass is 298 g/mol. The van der Waals surface area contributed by atoms with Crippen molar-refractivity contribution in [2.24, 2.45) is 11.8 Å². The molecule has 0 saturated carbocycles. The van der Waals surface area contributed by atoms with Crippen LogP contribution in [0.5, 0.6) is 0 Å². The number of aliphatic hydroxyl groups is 1. The predicted molar refractivity (Wildman–Crippen MR) is 82.2 cm³/mol. The first kappa shape index (κ1) is 16.6. The molecule has 0 aromatic carbocycles. The number of likely N-dealkylation sites (tertiary alicyclic amines) is 2. The second kappa shape index (κ2) is 6.97. The fourth-order valence-electron chi connectivity index (χ4n) is 3.30. The van der Waals surface area contributed by atoms with Crippen LogP contribution in [0.25, 0.3) is 0 Å². The minimum absolute atomic E-state index is 0.179. The first-order valence-electron chi connectivity index (χ1n) is 8.18. The van der Waals surface area contributed by atoms with Crippen molar-refractivity contribution in [3.8, 4) is 0 Å². The molecule has 2 fully saturated rings. The van der Waals surface area contributed by atoms with Gasteiger partial charge in [0.05, 0.1) is 0 Å². The summed E-state index contributed by atoms with van der Waals surface area (Å²) in [5.41, 5.74) is -0.423. The fourth-order valence-corrected chi connectivity index (χ4v) is 3.30. The molecule has 1 N–H and O–H groups in total. The van der Waals surface area contributed by atoms with Gasteiger partial charge in [-0.2, -0.15) is 0 Å². The average Bonchev–Trinajstić information content (AvgIpc) is 2.85. The van der Waals surface area contributed by atoms with Gasteiger partial charge in [0, 0.05) is 32.8 Å². The molecular formula is C16H30N2O3. The normalized spacial score (nSPS) is 27.9. The zero-order chi connectivity index (χ0) is 15.5. The molecule has 2 aliphatic rings. The number of piperidine rings is 1. The highest BCUT2D eigenvalue weighted by molar-refractivity contribution is 5.68. The molecule has 122 valence electrons. The Labute approximate surface area is 128 Å². The van der Waals surface area contributed by atoms with Crippen LogP contribution in [0.4, 0.5) is 4.79 Å². The molecule has 0 bridgehead atoms. The molecule has 2 heterocycles. The lowest BCUT2D eigenvalue weighted by molar-refractivity contribution is 0.0148. The highest BCUT2D eigenvalue weighted by atomic mass is 16.6. The quantitative estimate of drug-likeness (QED) is 0.865. The van der Waals surface area contributed by atoms with E-state index in [1.54, 1.807) is 0 Å². The van der Waals surface area contributed by atoms with Crippen LogP contribution in [0.2, 0.25) is 0 Å². The lowest BCUT2D eigenvalue weighted by atomic mass is 9.98. The number of amides is 1. The molecule has 0 aromatic heterocycles. The first-order valence-corrected chi connectivity index (χ1v) is 8.18. The zero-order valence-electron chi connectivity index (χ0n) is 13.7. The van der Waals surface area contributed by atoms with E-state index in [1.165, 1.54) is 6.42 Å². The van der Waals surface area contributed by atoms with E-state index >= 15 is 0 Å². The van der Waals surface area contributed by atoms with Crippen LogP contribution < -0.4 is 0 Å². The number of hydrogen-bond donors (Lipinski definition) is 1. The second-order valence-electron chi connectivity index (χ2n) is 7.53. The lowest BCUT2D eigenvalue weighted by Gasteiger charge is -2.35. The van der Waals surface area contributed by atoms with E-state index in [2.05, 4.69) is 4.90 Å². The summed E-state index contributed by atoms with van der Waals surface area (Å²) in [5.74, 6) is 0.972. The van der Waals surface area contributed by atoms with E-state index < -0.39 is 5.60 Å². The molecular weight excluding hydrogens is 268 g/mol. The summed E-state index contributed by atoms with van der Waals surface area (Å²) >= 11 is 0. The maximum atomic E-state index is 12.2.